The van der Waals surface area contributed by atoms with Gasteiger partial charge in [-0.25, -0.2) is 0 Å². The Hall–Kier alpha value is -2.40. The van der Waals surface area contributed by atoms with E-state index >= 15 is 0 Å². The number of hydrogen-bond acceptors (Lipinski definition) is 5. The Morgan fingerprint density at radius 1 is 0.840 bits per heavy atom. The standard InChI is InChI=1S/C20H23NO4/c1-23-17-10-14-13(8-16(17)22)5-7-21-20(14)6-4-12-9-18(24-2)19(25-3)11-15(12)20/h8-11,21-22H,4-7H2,1-3H3. The average molecular weight is 341 g/mol. The monoisotopic (exact) mass is 341 g/mol. The molecule has 0 bridgehead atoms. The van der Waals surface area contributed by atoms with E-state index in [1.807, 2.05) is 12.1 Å². The second-order valence-electron chi connectivity index (χ2n) is 6.63. The van der Waals surface area contributed by atoms with Gasteiger partial charge in [-0.1, -0.05) is 0 Å². The third kappa shape index (κ3) is 2.26. The molecule has 1 unspecified atom stereocenters. The summed E-state index contributed by atoms with van der Waals surface area (Å²) in [5.74, 6) is 2.21. The largest absolute Gasteiger partial charge is 0.504 e. The lowest BCUT2D eigenvalue weighted by molar-refractivity contribution is 0.346. The number of nitrogens with one attached hydrogen (secondary N) is 1. The highest BCUT2D eigenvalue weighted by molar-refractivity contribution is 5.60. The normalized spacial score (nSPS) is 20.9. The first-order valence-corrected chi connectivity index (χ1v) is 8.53. The van der Waals surface area contributed by atoms with E-state index in [4.69, 9.17) is 14.2 Å². The molecule has 0 amide bonds. The van der Waals surface area contributed by atoms with Crippen LogP contribution in [0.5, 0.6) is 23.0 Å². The second-order valence-corrected chi connectivity index (χ2v) is 6.63. The molecule has 0 saturated carbocycles. The number of rotatable bonds is 3. The van der Waals surface area contributed by atoms with Crippen molar-refractivity contribution in [3.63, 3.8) is 0 Å². The van der Waals surface area contributed by atoms with Crippen molar-refractivity contribution in [2.45, 2.75) is 24.8 Å². The molecule has 5 heteroatoms. The SMILES string of the molecule is COc1cc2c(cc1O)CCNC21CCc2cc(OC)c(OC)cc21. The van der Waals surface area contributed by atoms with Crippen LogP contribution in [0.15, 0.2) is 24.3 Å². The van der Waals surface area contributed by atoms with E-state index in [0.717, 1.165) is 37.3 Å². The maximum atomic E-state index is 10.2. The van der Waals surface area contributed by atoms with Gasteiger partial charge in [-0.15, -0.1) is 0 Å². The lowest BCUT2D eigenvalue weighted by Gasteiger charge is -2.38. The first kappa shape index (κ1) is 16.1. The lowest BCUT2D eigenvalue weighted by atomic mass is 9.78. The fourth-order valence-electron chi connectivity index (χ4n) is 4.33. The molecule has 0 fully saturated rings. The number of benzene rings is 2. The molecule has 2 aromatic carbocycles. The number of aromatic hydroxyl groups is 1. The van der Waals surface area contributed by atoms with Crippen LogP contribution in [0.3, 0.4) is 0 Å². The Kier molecular flexibility index (Phi) is 3.76. The molecule has 1 aliphatic heterocycles. The zero-order valence-electron chi connectivity index (χ0n) is 14.8. The van der Waals surface area contributed by atoms with Gasteiger partial charge in [0, 0.05) is 6.54 Å². The Balaban J connectivity index is 1.93. The van der Waals surface area contributed by atoms with Gasteiger partial charge in [-0.05, 0) is 65.8 Å². The van der Waals surface area contributed by atoms with Gasteiger partial charge in [0.2, 0.25) is 0 Å². The summed E-state index contributed by atoms with van der Waals surface area (Å²) in [6, 6.07) is 7.98. The Bertz CT molecular complexity index is 833. The van der Waals surface area contributed by atoms with E-state index in [0.29, 0.717) is 5.75 Å². The van der Waals surface area contributed by atoms with Gasteiger partial charge < -0.3 is 24.6 Å². The topological polar surface area (TPSA) is 60.0 Å². The van der Waals surface area contributed by atoms with Crippen molar-refractivity contribution >= 4 is 0 Å². The molecule has 132 valence electrons. The first-order chi connectivity index (χ1) is 12.1. The van der Waals surface area contributed by atoms with E-state index in [2.05, 4.69) is 17.4 Å². The van der Waals surface area contributed by atoms with Crippen LogP contribution >= 0.6 is 0 Å². The number of hydrogen-bond donors (Lipinski definition) is 2. The molecule has 1 heterocycles. The van der Waals surface area contributed by atoms with Crippen LogP contribution in [0.25, 0.3) is 0 Å². The predicted octanol–water partition coefficient (Wildman–Crippen LogP) is 2.75. The fourth-order valence-corrected chi connectivity index (χ4v) is 4.33. The van der Waals surface area contributed by atoms with Crippen molar-refractivity contribution in [2.75, 3.05) is 27.9 Å². The molecule has 2 aromatic rings. The van der Waals surface area contributed by atoms with E-state index in [-0.39, 0.29) is 11.3 Å². The Morgan fingerprint density at radius 3 is 2.12 bits per heavy atom. The molecule has 1 spiro atoms. The van der Waals surface area contributed by atoms with E-state index in [9.17, 15) is 5.11 Å². The summed E-state index contributed by atoms with van der Waals surface area (Å²) >= 11 is 0. The van der Waals surface area contributed by atoms with Gasteiger partial charge in [0.05, 0.1) is 26.9 Å². The van der Waals surface area contributed by atoms with Crippen molar-refractivity contribution in [1.29, 1.82) is 0 Å². The Morgan fingerprint density at radius 2 is 1.44 bits per heavy atom. The van der Waals surface area contributed by atoms with E-state index in [1.165, 1.54) is 22.3 Å². The number of methoxy groups -OCH3 is 3. The third-order valence-electron chi connectivity index (χ3n) is 5.52. The van der Waals surface area contributed by atoms with Crippen LogP contribution in [0.1, 0.15) is 28.7 Å². The first-order valence-electron chi connectivity index (χ1n) is 8.53. The van der Waals surface area contributed by atoms with Crippen LogP contribution < -0.4 is 19.5 Å². The van der Waals surface area contributed by atoms with Gasteiger partial charge in [0.15, 0.2) is 23.0 Å². The smallest absolute Gasteiger partial charge is 0.161 e. The molecule has 0 saturated heterocycles. The van der Waals surface area contributed by atoms with Crippen LogP contribution in [-0.2, 0) is 18.4 Å². The van der Waals surface area contributed by atoms with Crippen molar-refractivity contribution in [3.05, 3.63) is 46.5 Å². The molecular weight excluding hydrogens is 318 g/mol. The summed E-state index contributed by atoms with van der Waals surface area (Å²) < 4.78 is 16.4. The highest BCUT2D eigenvalue weighted by Crippen LogP contribution is 2.49. The van der Waals surface area contributed by atoms with E-state index < -0.39 is 0 Å². The quantitative estimate of drug-likeness (QED) is 0.899. The van der Waals surface area contributed by atoms with Crippen molar-refractivity contribution in [1.82, 2.24) is 5.32 Å². The number of phenolic OH excluding ortho intramolecular Hbond substituents is 1. The summed E-state index contributed by atoms with van der Waals surface area (Å²) in [5, 5.41) is 13.9. The summed E-state index contributed by atoms with van der Waals surface area (Å²) in [7, 11) is 4.91. The van der Waals surface area contributed by atoms with Crippen LogP contribution in [0, 0.1) is 0 Å². The van der Waals surface area contributed by atoms with Crippen LogP contribution in [0.2, 0.25) is 0 Å². The maximum Gasteiger partial charge on any atom is 0.161 e. The highest BCUT2D eigenvalue weighted by Gasteiger charge is 2.44. The molecule has 5 nitrogen and oxygen atoms in total. The molecule has 0 aromatic heterocycles. The molecular formula is C20H23NO4. The summed E-state index contributed by atoms with van der Waals surface area (Å²) in [5.41, 5.74) is 4.56. The highest BCUT2D eigenvalue weighted by atomic mass is 16.5. The van der Waals surface area contributed by atoms with Crippen LogP contribution in [0.4, 0.5) is 0 Å². The maximum absolute atomic E-state index is 10.2. The minimum Gasteiger partial charge on any atom is -0.504 e. The molecule has 2 N–H and O–H groups in total. The van der Waals surface area contributed by atoms with Gasteiger partial charge in [-0.2, -0.15) is 0 Å². The van der Waals surface area contributed by atoms with Crippen molar-refractivity contribution < 1.29 is 19.3 Å². The summed E-state index contributed by atoms with van der Waals surface area (Å²) in [6.45, 7) is 0.868. The molecule has 0 radical (unpaired) electrons. The minimum absolute atomic E-state index is 0.198. The summed E-state index contributed by atoms with van der Waals surface area (Å²) in [4.78, 5) is 0. The minimum atomic E-state index is -0.274. The lowest BCUT2D eigenvalue weighted by Crippen LogP contribution is -2.46. The average Bonchev–Trinajstić information content (AvgIpc) is 2.98. The molecule has 2 aliphatic rings. The molecule has 4 rings (SSSR count). The van der Waals surface area contributed by atoms with Gasteiger partial charge >= 0.3 is 0 Å². The van der Waals surface area contributed by atoms with E-state index in [1.54, 1.807) is 21.3 Å². The van der Waals surface area contributed by atoms with Gasteiger partial charge in [0.1, 0.15) is 0 Å². The predicted molar refractivity (Wildman–Crippen MR) is 95.0 cm³/mol. The van der Waals surface area contributed by atoms with Crippen molar-refractivity contribution in [2.24, 2.45) is 0 Å². The number of fused-ring (bicyclic) bond motifs is 4. The molecule has 25 heavy (non-hydrogen) atoms. The van der Waals surface area contributed by atoms with Gasteiger partial charge in [0.25, 0.3) is 0 Å². The van der Waals surface area contributed by atoms with Crippen molar-refractivity contribution in [3.8, 4) is 23.0 Å². The summed E-state index contributed by atoms with van der Waals surface area (Å²) in [6.07, 6.45) is 2.81. The molecule has 1 atom stereocenters. The number of aryl methyl sites for hydroxylation is 1. The zero-order valence-corrected chi connectivity index (χ0v) is 14.8. The van der Waals surface area contributed by atoms with Gasteiger partial charge in [-0.3, -0.25) is 0 Å². The fraction of sp³-hybridized carbons (Fsp3) is 0.400. The van der Waals surface area contributed by atoms with Crippen LogP contribution in [-0.4, -0.2) is 33.0 Å². The number of ether oxygens (including phenoxy) is 3. The zero-order chi connectivity index (χ0) is 17.6. The molecule has 1 aliphatic carbocycles. The Labute approximate surface area is 147 Å². The third-order valence-corrected chi connectivity index (χ3v) is 5.52. The number of phenols is 1. The second kappa shape index (κ2) is 5.85.